The SMILES string of the molecule is N#CCOc1cccc(CCC(=O)Nc2cc3c(s2)CN(C(=O)NCCc2ccccn2)CC3)c1. The predicted molar refractivity (Wildman–Crippen MR) is 134 cm³/mol. The van der Waals surface area contributed by atoms with Crippen LogP contribution in [0.5, 0.6) is 5.75 Å². The Bertz CT molecular complexity index is 1210. The summed E-state index contributed by atoms with van der Waals surface area (Å²) in [5.41, 5.74) is 3.11. The fourth-order valence-corrected chi connectivity index (χ4v) is 5.02. The summed E-state index contributed by atoms with van der Waals surface area (Å²) in [6.45, 7) is 1.73. The molecule has 0 saturated heterocycles. The van der Waals surface area contributed by atoms with Crippen LogP contribution in [0.4, 0.5) is 9.80 Å². The monoisotopic (exact) mass is 489 g/mol. The molecule has 2 N–H and O–H groups in total. The average Bonchev–Trinajstić information content (AvgIpc) is 3.28. The Morgan fingerprint density at radius 3 is 2.91 bits per heavy atom. The molecular weight excluding hydrogens is 462 g/mol. The molecule has 2 aromatic heterocycles. The zero-order valence-electron chi connectivity index (χ0n) is 19.3. The van der Waals surface area contributed by atoms with Gasteiger partial charge in [-0.05, 0) is 54.3 Å². The van der Waals surface area contributed by atoms with E-state index in [4.69, 9.17) is 10.00 Å². The molecule has 0 spiro atoms. The number of aryl methyl sites for hydroxylation is 1. The highest BCUT2D eigenvalue weighted by atomic mass is 32.1. The number of hydrogen-bond donors (Lipinski definition) is 2. The van der Waals surface area contributed by atoms with Crippen molar-refractivity contribution >= 4 is 28.3 Å². The van der Waals surface area contributed by atoms with Gasteiger partial charge in [0.25, 0.3) is 0 Å². The van der Waals surface area contributed by atoms with Crippen molar-refractivity contribution in [1.29, 1.82) is 5.26 Å². The summed E-state index contributed by atoms with van der Waals surface area (Å²) in [5, 5.41) is 15.4. The van der Waals surface area contributed by atoms with Crippen molar-refractivity contribution in [2.75, 3.05) is 25.0 Å². The number of anilines is 1. The van der Waals surface area contributed by atoms with Crippen LogP contribution in [-0.2, 0) is 30.6 Å². The van der Waals surface area contributed by atoms with Gasteiger partial charge in [0.05, 0.1) is 11.5 Å². The molecule has 0 unspecified atom stereocenters. The minimum Gasteiger partial charge on any atom is -0.479 e. The molecule has 4 rings (SSSR count). The maximum Gasteiger partial charge on any atom is 0.317 e. The van der Waals surface area contributed by atoms with Gasteiger partial charge >= 0.3 is 6.03 Å². The standard InChI is InChI=1S/C26H27N5O3S/c27-11-15-34-22-6-3-4-19(16-22)7-8-24(32)30-25-17-20-10-14-31(18-23(20)35-25)26(33)29-13-9-21-5-1-2-12-28-21/h1-6,12,16-17H,7-10,13-15,18H2,(H,29,33)(H,30,32). The maximum atomic E-state index is 12.6. The van der Waals surface area contributed by atoms with Crippen LogP contribution < -0.4 is 15.4 Å². The van der Waals surface area contributed by atoms with E-state index in [1.807, 2.05) is 53.4 Å². The number of urea groups is 1. The smallest absolute Gasteiger partial charge is 0.317 e. The molecule has 3 heterocycles. The van der Waals surface area contributed by atoms with Crippen LogP contribution in [0.1, 0.15) is 28.1 Å². The van der Waals surface area contributed by atoms with Gasteiger partial charge in [-0.15, -0.1) is 11.3 Å². The molecule has 1 aromatic carbocycles. The summed E-state index contributed by atoms with van der Waals surface area (Å²) in [5.74, 6) is 0.566. The first-order valence-electron chi connectivity index (χ1n) is 11.5. The Morgan fingerprint density at radius 2 is 2.09 bits per heavy atom. The number of nitriles is 1. The number of thiophene rings is 1. The number of fused-ring (bicyclic) bond motifs is 1. The normalized spacial score (nSPS) is 12.4. The fourth-order valence-electron chi connectivity index (χ4n) is 3.87. The van der Waals surface area contributed by atoms with E-state index in [0.717, 1.165) is 27.6 Å². The lowest BCUT2D eigenvalue weighted by molar-refractivity contribution is -0.116. The van der Waals surface area contributed by atoms with E-state index >= 15 is 0 Å². The van der Waals surface area contributed by atoms with Crippen LogP contribution >= 0.6 is 11.3 Å². The topological polar surface area (TPSA) is 107 Å². The minimum absolute atomic E-state index is 0.00274. The van der Waals surface area contributed by atoms with Crippen molar-refractivity contribution in [3.8, 4) is 11.8 Å². The zero-order valence-corrected chi connectivity index (χ0v) is 20.1. The van der Waals surface area contributed by atoms with Crippen molar-refractivity contribution in [1.82, 2.24) is 15.2 Å². The third kappa shape index (κ3) is 7.04. The van der Waals surface area contributed by atoms with Gasteiger partial charge in [0.15, 0.2) is 6.61 Å². The second-order valence-electron chi connectivity index (χ2n) is 8.18. The van der Waals surface area contributed by atoms with Crippen LogP contribution in [-0.4, -0.2) is 41.5 Å². The molecule has 180 valence electrons. The van der Waals surface area contributed by atoms with Gasteiger partial charge < -0.3 is 20.3 Å². The maximum absolute atomic E-state index is 12.6. The van der Waals surface area contributed by atoms with Crippen molar-refractivity contribution in [2.24, 2.45) is 0 Å². The van der Waals surface area contributed by atoms with E-state index in [-0.39, 0.29) is 18.5 Å². The Balaban J connectivity index is 1.23. The molecule has 0 fully saturated rings. The molecular formula is C26H27N5O3S. The molecule has 0 radical (unpaired) electrons. The molecule has 0 bridgehead atoms. The summed E-state index contributed by atoms with van der Waals surface area (Å²) in [6.07, 6.45) is 4.13. The van der Waals surface area contributed by atoms with Gasteiger partial charge in [0.1, 0.15) is 11.8 Å². The number of nitrogens with one attached hydrogen (secondary N) is 2. The van der Waals surface area contributed by atoms with Crippen LogP contribution in [0.15, 0.2) is 54.7 Å². The highest BCUT2D eigenvalue weighted by Crippen LogP contribution is 2.32. The van der Waals surface area contributed by atoms with Crippen molar-refractivity contribution < 1.29 is 14.3 Å². The summed E-state index contributed by atoms with van der Waals surface area (Å²) in [4.78, 5) is 32.3. The molecule has 0 atom stereocenters. The van der Waals surface area contributed by atoms with Crippen LogP contribution in [0.3, 0.4) is 0 Å². The lowest BCUT2D eigenvalue weighted by Crippen LogP contribution is -2.43. The molecule has 3 amide bonds. The number of hydrogen-bond acceptors (Lipinski definition) is 6. The number of ether oxygens (including phenoxy) is 1. The van der Waals surface area contributed by atoms with Crippen LogP contribution in [0, 0.1) is 11.3 Å². The van der Waals surface area contributed by atoms with E-state index < -0.39 is 0 Å². The van der Waals surface area contributed by atoms with Gasteiger partial charge in [-0.2, -0.15) is 5.26 Å². The molecule has 8 nitrogen and oxygen atoms in total. The van der Waals surface area contributed by atoms with Crippen LogP contribution in [0.2, 0.25) is 0 Å². The van der Waals surface area contributed by atoms with Crippen molar-refractivity contribution in [3.05, 3.63) is 76.4 Å². The van der Waals surface area contributed by atoms with Crippen LogP contribution in [0.25, 0.3) is 0 Å². The van der Waals surface area contributed by atoms with Gasteiger partial charge in [0.2, 0.25) is 5.91 Å². The van der Waals surface area contributed by atoms with Gasteiger partial charge in [0, 0.05) is 42.7 Å². The van der Waals surface area contributed by atoms with E-state index in [2.05, 4.69) is 15.6 Å². The number of rotatable bonds is 9. The van der Waals surface area contributed by atoms with E-state index in [0.29, 0.717) is 44.6 Å². The largest absolute Gasteiger partial charge is 0.479 e. The molecule has 1 aliphatic heterocycles. The first kappa shape index (κ1) is 24.2. The van der Waals surface area contributed by atoms with E-state index in [9.17, 15) is 9.59 Å². The Hall–Kier alpha value is -3.90. The molecule has 9 heteroatoms. The Labute approximate surface area is 208 Å². The molecule has 0 aliphatic carbocycles. The Morgan fingerprint density at radius 1 is 1.17 bits per heavy atom. The molecule has 1 aliphatic rings. The third-order valence-electron chi connectivity index (χ3n) is 5.66. The second-order valence-corrected chi connectivity index (χ2v) is 9.31. The first-order valence-corrected chi connectivity index (χ1v) is 12.3. The highest BCUT2D eigenvalue weighted by Gasteiger charge is 2.23. The number of amides is 3. The summed E-state index contributed by atoms with van der Waals surface area (Å²) < 4.78 is 5.32. The van der Waals surface area contributed by atoms with E-state index in [1.54, 1.807) is 12.3 Å². The third-order valence-corrected chi connectivity index (χ3v) is 6.74. The predicted octanol–water partition coefficient (Wildman–Crippen LogP) is 3.93. The molecule has 35 heavy (non-hydrogen) atoms. The molecule has 3 aromatic rings. The first-order chi connectivity index (χ1) is 17.1. The van der Waals surface area contributed by atoms with E-state index in [1.165, 1.54) is 16.9 Å². The molecule has 0 saturated carbocycles. The zero-order chi connectivity index (χ0) is 24.5. The number of nitrogens with zero attached hydrogens (tertiary/aromatic N) is 3. The number of pyridine rings is 1. The minimum atomic E-state index is -0.0773. The summed E-state index contributed by atoms with van der Waals surface area (Å²) in [6, 6.07) is 17.1. The lowest BCUT2D eigenvalue weighted by Gasteiger charge is -2.26. The van der Waals surface area contributed by atoms with Crippen molar-refractivity contribution in [3.63, 3.8) is 0 Å². The number of carbonyl (C=O) groups excluding carboxylic acids is 2. The average molecular weight is 490 g/mol. The quantitative estimate of drug-likeness (QED) is 0.474. The Kier molecular flexibility index (Phi) is 8.30. The second kappa shape index (κ2) is 12.0. The summed E-state index contributed by atoms with van der Waals surface area (Å²) >= 11 is 1.52. The highest BCUT2D eigenvalue weighted by molar-refractivity contribution is 7.16. The number of aromatic nitrogens is 1. The number of carbonyl (C=O) groups is 2. The fraction of sp³-hybridized carbons (Fsp3) is 0.308. The van der Waals surface area contributed by atoms with Gasteiger partial charge in [-0.1, -0.05) is 18.2 Å². The number of benzene rings is 1. The lowest BCUT2D eigenvalue weighted by atomic mass is 10.1. The van der Waals surface area contributed by atoms with Gasteiger partial charge in [-0.25, -0.2) is 4.79 Å². The summed E-state index contributed by atoms with van der Waals surface area (Å²) in [7, 11) is 0. The van der Waals surface area contributed by atoms with Crippen molar-refractivity contribution in [2.45, 2.75) is 32.2 Å². The van der Waals surface area contributed by atoms with Gasteiger partial charge in [-0.3, -0.25) is 9.78 Å².